The van der Waals surface area contributed by atoms with Crippen LogP contribution in [0.2, 0.25) is 0 Å². The van der Waals surface area contributed by atoms with E-state index < -0.39 is 0 Å². The molecule has 2 aromatic carbocycles. The molecule has 3 rings (SSSR count). The van der Waals surface area contributed by atoms with Gasteiger partial charge in [0.25, 0.3) is 0 Å². The number of benzene rings is 2. The predicted molar refractivity (Wildman–Crippen MR) is 109 cm³/mol. The maximum Gasteiger partial charge on any atom is 0.135 e. The minimum Gasteiger partial charge on any atom is -0.369 e. The average Bonchev–Trinajstić information content (AvgIpc) is 2.59. The van der Waals surface area contributed by atoms with Gasteiger partial charge in [-0.1, -0.05) is 60.8 Å². The van der Waals surface area contributed by atoms with Gasteiger partial charge in [0.1, 0.15) is 4.32 Å². The summed E-state index contributed by atoms with van der Waals surface area (Å²) >= 11 is 9.01. The Labute approximate surface area is 154 Å². The van der Waals surface area contributed by atoms with E-state index in [1.54, 1.807) is 0 Å². The molecule has 0 fully saturated rings. The molecule has 1 aliphatic heterocycles. The first-order valence-electron chi connectivity index (χ1n) is 7.93. The summed E-state index contributed by atoms with van der Waals surface area (Å²) in [6, 6.07) is 18.9. The van der Waals surface area contributed by atoms with Gasteiger partial charge >= 0.3 is 0 Å². The van der Waals surface area contributed by atoms with Crippen LogP contribution in [-0.4, -0.2) is 15.8 Å². The van der Waals surface area contributed by atoms with Crippen molar-refractivity contribution in [3.63, 3.8) is 0 Å². The van der Waals surface area contributed by atoms with Gasteiger partial charge in [0.15, 0.2) is 0 Å². The molecule has 122 valence electrons. The van der Waals surface area contributed by atoms with E-state index in [1.807, 2.05) is 12.1 Å². The summed E-state index contributed by atoms with van der Waals surface area (Å²) < 4.78 is 0.485. The monoisotopic (exact) mass is 352 g/mol. The summed E-state index contributed by atoms with van der Waals surface area (Å²) in [5, 5.41) is 3.02. The second-order valence-electron chi connectivity index (χ2n) is 5.81. The van der Waals surface area contributed by atoms with Crippen LogP contribution >= 0.6 is 24.8 Å². The summed E-state index contributed by atoms with van der Waals surface area (Å²) in [7, 11) is 0. The summed E-state index contributed by atoms with van der Waals surface area (Å²) in [5.74, 6) is 0. The molecule has 0 atom stereocenters. The normalized spacial score (nSPS) is 13.5. The Balaban J connectivity index is 1.54. The van der Waals surface area contributed by atoms with Crippen LogP contribution in [0, 0.1) is 0 Å². The summed E-state index contributed by atoms with van der Waals surface area (Å²) in [6.45, 7) is 1.90. The molecule has 4 heteroatoms. The second-order valence-corrected chi connectivity index (χ2v) is 6.97. The Kier molecular flexibility index (Phi) is 5.72. The predicted octanol–water partition coefficient (Wildman–Crippen LogP) is 4.81. The van der Waals surface area contributed by atoms with E-state index in [4.69, 9.17) is 12.2 Å². The van der Waals surface area contributed by atoms with Gasteiger partial charge in [0, 0.05) is 18.8 Å². The fourth-order valence-electron chi connectivity index (χ4n) is 2.70. The Morgan fingerprint density at radius 2 is 1.79 bits per heavy atom. The zero-order valence-corrected chi connectivity index (χ0v) is 15.1. The molecular weight excluding hydrogens is 332 g/mol. The van der Waals surface area contributed by atoms with Gasteiger partial charge in [0.2, 0.25) is 0 Å². The molecule has 2 nitrogen and oxygen atoms in total. The van der Waals surface area contributed by atoms with Gasteiger partial charge in [-0.25, -0.2) is 0 Å². The first kappa shape index (κ1) is 16.8. The lowest BCUT2D eigenvalue weighted by Gasteiger charge is -2.23. The molecule has 0 radical (unpaired) electrons. The highest BCUT2D eigenvalue weighted by atomic mass is 32.1. The molecule has 0 unspecified atom stereocenters. The van der Waals surface area contributed by atoms with E-state index in [9.17, 15) is 0 Å². The fraction of sp³-hybridized carbons (Fsp3) is 0.150. The van der Waals surface area contributed by atoms with Crippen molar-refractivity contribution >= 4 is 34.9 Å². The molecule has 0 amide bonds. The summed E-state index contributed by atoms with van der Waals surface area (Å²) in [5.41, 5.74) is 4.95. The number of thiocarbonyl (C=S) groups is 1. The molecular formula is C20H20N2S2. The summed E-state index contributed by atoms with van der Waals surface area (Å²) in [6.07, 6.45) is 7.65. The highest BCUT2D eigenvalue weighted by Gasteiger charge is 2.06. The third-order valence-electron chi connectivity index (χ3n) is 3.93. The average molecular weight is 353 g/mol. The van der Waals surface area contributed by atoms with Crippen LogP contribution in [0.1, 0.15) is 11.1 Å². The van der Waals surface area contributed by atoms with E-state index in [-0.39, 0.29) is 0 Å². The summed E-state index contributed by atoms with van der Waals surface area (Å²) in [4.78, 5) is 2.32. The number of anilines is 1. The van der Waals surface area contributed by atoms with Crippen molar-refractivity contribution in [2.45, 2.75) is 13.0 Å². The molecule has 1 aliphatic rings. The molecule has 1 N–H and O–H groups in total. The van der Waals surface area contributed by atoms with Crippen LogP contribution in [0.4, 0.5) is 5.69 Å². The fourth-order valence-corrected chi connectivity index (χ4v) is 2.94. The van der Waals surface area contributed by atoms with Crippen LogP contribution in [-0.2, 0) is 13.0 Å². The number of nitrogens with zero attached hydrogens (tertiary/aromatic N) is 1. The number of hydrogen-bond donors (Lipinski definition) is 2. The lowest BCUT2D eigenvalue weighted by Crippen LogP contribution is -2.19. The van der Waals surface area contributed by atoms with Crippen LogP contribution in [0.3, 0.4) is 0 Å². The molecule has 0 aliphatic carbocycles. The molecule has 0 spiro atoms. The first-order valence-corrected chi connectivity index (χ1v) is 8.79. The van der Waals surface area contributed by atoms with Crippen molar-refractivity contribution in [1.82, 2.24) is 4.90 Å². The number of rotatable bonds is 5. The van der Waals surface area contributed by atoms with Crippen molar-refractivity contribution in [3.8, 4) is 0 Å². The molecule has 0 saturated heterocycles. The van der Waals surface area contributed by atoms with E-state index >= 15 is 0 Å². The van der Waals surface area contributed by atoms with Crippen LogP contribution in [0.5, 0.6) is 0 Å². The number of allylic oxidation sites excluding steroid dienone is 2. The Morgan fingerprint density at radius 1 is 1.04 bits per heavy atom. The molecule has 1 heterocycles. The van der Waals surface area contributed by atoms with Gasteiger partial charge in [0.05, 0.1) is 0 Å². The van der Waals surface area contributed by atoms with Crippen molar-refractivity contribution < 1.29 is 0 Å². The smallest absolute Gasteiger partial charge is 0.135 e. The zero-order chi connectivity index (χ0) is 16.8. The number of hydrogen-bond acceptors (Lipinski definition) is 2. The largest absolute Gasteiger partial charge is 0.369 e. The number of nitrogens with one attached hydrogen (secondary N) is 1. The SMILES string of the molecule is S=C(S)Nc1ccc(CC2=CCN(Cc3ccccc3)C=C2)cc1. The van der Waals surface area contributed by atoms with Gasteiger partial charge < -0.3 is 10.2 Å². The lowest BCUT2D eigenvalue weighted by atomic mass is 10.0. The molecule has 2 aromatic rings. The molecule has 0 aromatic heterocycles. The molecule has 0 saturated carbocycles. The Morgan fingerprint density at radius 3 is 2.42 bits per heavy atom. The highest BCUT2D eigenvalue weighted by molar-refractivity contribution is 8.11. The maximum absolute atomic E-state index is 4.93. The van der Waals surface area contributed by atoms with E-state index in [0.717, 1.165) is 25.2 Å². The number of thiol groups is 1. The minimum absolute atomic E-state index is 0.485. The van der Waals surface area contributed by atoms with Crippen molar-refractivity contribution in [3.05, 3.63) is 89.6 Å². The lowest BCUT2D eigenvalue weighted by molar-refractivity contribution is 0.403. The standard InChI is InChI=1S/C20H20N2S2/c23-20(24)21-19-8-6-16(7-9-19)14-17-10-12-22(13-11-17)15-18-4-2-1-3-5-18/h1-12H,13-15H2,(H2,21,23,24). The van der Waals surface area contributed by atoms with Crippen LogP contribution in [0.15, 0.2) is 78.5 Å². The quantitative estimate of drug-likeness (QED) is 0.593. The van der Waals surface area contributed by atoms with E-state index in [0.29, 0.717) is 4.32 Å². The third kappa shape index (κ3) is 4.98. The van der Waals surface area contributed by atoms with Crippen molar-refractivity contribution in [2.24, 2.45) is 0 Å². The van der Waals surface area contributed by atoms with E-state index in [2.05, 4.69) is 83.7 Å². The van der Waals surface area contributed by atoms with Gasteiger partial charge in [-0.2, -0.15) is 0 Å². The molecule has 24 heavy (non-hydrogen) atoms. The zero-order valence-electron chi connectivity index (χ0n) is 13.4. The maximum atomic E-state index is 4.93. The van der Waals surface area contributed by atoms with Gasteiger partial charge in [-0.3, -0.25) is 0 Å². The van der Waals surface area contributed by atoms with Crippen LogP contribution in [0.25, 0.3) is 0 Å². The first-order chi connectivity index (χ1) is 11.7. The van der Waals surface area contributed by atoms with Gasteiger partial charge in [-0.15, -0.1) is 12.6 Å². The highest BCUT2D eigenvalue weighted by Crippen LogP contribution is 2.17. The Hall–Kier alpha value is -2.04. The Bertz CT molecular complexity index is 749. The topological polar surface area (TPSA) is 15.3 Å². The van der Waals surface area contributed by atoms with Gasteiger partial charge in [-0.05, 0) is 47.5 Å². The van der Waals surface area contributed by atoms with Crippen molar-refractivity contribution in [1.29, 1.82) is 0 Å². The molecule has 0 bridgehead atoms. The van der Waals surface area contributed by atoms with E-state index in [1.165, 1.54) is 16.7 Å². The second kappa shape index (κ2) is 8.18. The third-order valence-corrected chi connectivity index (χ3v) is 4.14. The minimum atomic E-state index is 0.485. The van der Waals surface area contributed by atoms with Crippen LogP contribution < -0.4 is 5.32 Å². The van der Waals surface area contributed by atoms with Crippen molar-refractivity contribution in [2.75, 3.05) is 11.9 Å².